The molecular weight excluding hydrogens is 555 g/mol. The van der Waals surface area contributed by atoms with Gasteiger partial charge in [-0.3, -0.25) is 4.79 Å². The van der Waals surface area contributed by atoms with Crippen LogP contribution >= 0.6 is 0 Å². The molecule has 0 aliphatic rings. The van der Waals surface area contributed by atoms with Crippen LogP contribution in [0.3, 0.4) is 0 Å². The number of benzene rings is 3. The first-order valence-corrected chi connectivity index (χ1v) is 15.8. The van der Waals surface area contributed by atoms with Crippen molar-refractivity contribution in [3.8, 4) is 11.1 Å². The van der Waals surface area contributed by atoms with E-state index >= 15 is 0 Å². The van der Waals surface area contributed by atoms with Gasteiger partial charge in [0.1, 0.15) is 5.82 Å². The Labute approximate surface area is 249 Å². The van der Waals surface area contributed by atoms with Gasteiger partial charge in [0.2, 0.25) is 10.0 Å². The van der Waals surface area contributed by atoms with E-state index in [0.717, 1.165) is 41.5 Å². The first-order chi connectivity index (χ1) is 19.8. The van der Waals surface area contributed by atoms with Gasteiger partial charge < -0.3 is 15.5 Å². The Bertz CT molecular complexity index is 1440. The first kappa shape index (κ1) is 33.4. The largest absolute Gasteiger partial charge is 0.481 e. The summed E-state index contributed by atoms with van der Waals surface area (Å²) in [4.78, 5) is 11.0. The van der Waals surface area contributed by atoms with Crippen molar-refractivity contribution in [1.82, 2.24) is 9.62 Å². The minimum Gasteiger partial charge on any atom is -0.481 e. The van der Waals surface area contributed by atoms with E-state index in [4.69, 9.17) is 5.11 Å². The fourth-order valence-electron chi connectivity index (χ4n) is 4.94. The van der Waals surface area contributed by atoms with Crippen molar-refractivity contribution >= 4 is 16.0 Å². The zero-order valence-electron chi connectivity index (χ0n) is 24.9. The highest BCUT2D eigenvalue weighted by Crippen LogP contribution is 2.28. The minimum atomic E-state index is -3.84. The van der Waals surface area contributed by atoms with Gasteiger partial charge in [0.15, 0.2) is 0 Å². The van der Waals surface area contributed by atoms with Crippen LogP contribution in [0, 0.1) is 5.82 Å². The zero-order valence-corrected chi connectivity index (χ0v) is 25.8. The Hall–Kier alpha value is -3.11. The van der Waals surface area contributed by atoms with E-state index in [9.17, 15) is 22.7 Å². The highest BCUT2D eigenvalue weighted by molar-refractivity contribution is 7.89. The van der Waals surface area contributed by atoms with Crippen molar-refractivity contribution in [2.75, 3.05) is 20.1 Å². The number of aliphatic carboxylic acids is 1. The van der Waals surface area contributed by atoms with Gasteiger partial charge in [-0.15, -0.1) is 0 Å². The van der Waals surface area contributed by atoms with Crippen molar-refractivity contribution in [3.63, 3.8) is 0 Å². The van der Waals surface area contributed by atoms with Gasteiger partial charge >= 0.3 is 5.97 Å². The predicted molar refractivity (Wildman–Crippen MR) is 164 cm³/mol. The lowest BCUT2D eigenvalue weighted by Crippen LogP contribution is -2.46. The number of likely N-dealkylation sites (N-methyl/N-ethyl adjacent to an activating group) is 1. The number of carbonyl (C=O) groups is 1. The van der Waals surface area contributed by atoms with Crippen molar-refractivity contribution in [3.05, 3.63) is 89.2 Å². The standard InChI is InChI=1S/C33H43FN2O5S/c1-5-26-21-28(27-14-11-24(12-15-27)13-18-32(38)39)16-17-31(26)42(40,41)36(4)23-30(37)22-35-33(2,3)19-7-9-25-8-6-10-29(34)20-25/h6,8,10-12,14-17,20-21,30,35,37H,5,7,9,13,18-19,22-23H2,1-4H3,(H,38,39)/t30-/m1/s1. The Morgan fingerprint density at radius 1 is 1.00 bits per heavy atom. The number of aliphatic hydroxyl groups is 1. The molecule has 0 amide bonds. The molecule has 0 bridgehead atoms. The van der Waals surface area contributed by atoms with Gasteiger partial charge in [0.05, 0.1) is 11.0 Å². The van der Waals surface area contributed by atoms with E-state index in [1.54, 1.807) is 24.3 Å². The molecule has 3 rings (SSSR count). The number of hydrogen-bond acceptors (Lipinski definition) is 5. The Kier molecular flexibility index (Phi) is 11.8. The number of nitrogens with zero attached hydrogens (tertiary/aromatic N) is 1. The molecule has 1 atom stereocenters. The predicted octanol–water partition coefficient (Wildman–Crippen LogP) is 5.44. The molecule has 0 aliphatic carbocycles. The summed E-state index contributed by atoms with van der Waals surface area (Å²) in [5.74, 6) is -1.08. The Morgan fingerprint density at radius 3 is 2.33 bits per heavy atom. The van der Waals surface area contributed by atoms with Gasteiger partial charge in [-0.05, 0) is 98.0 Å². The topological polar surface area (TPSA) is 107 Å². The minimum absolute atomic E-state index is 0.0581. The van der Waals surface area contributed by atoms with Crippen LogP contribution in [0.4, 0.5) is 4.39 Å². The van der Waals surface area contributed by atoms with Crippen LogP contribution in [-0.2, 0) is 34.1 Å². The maximum atomic E-state index is 13.5. The maximum absolute atomic E-state index is 13.5. The number of nitrogens with one attached hydrogen (secondary N) is 1. The van der Waals surface area contributed by atoms with Crippen LogP contribution in [0.15, 0.2) is 71.6 Å². The molecule has 0 fully saturated rings. The van der Waals surface area contributed by atoms with Crippen LogP contribution in [-0.4, -0.2) is 60.7 Å². The van der Waals surface area contributed by atoms with Crippen molar-refractivity contribution < 1.29 is 27.8 Å². The molecule has 3 aromatic carbocycles. The van der Waals surface area contributed by atoms with Gasteiger partial charge in [-0.1, -0.05) is 49.4 Å². The molecule has 3 aromatic rings. The second-order valence-corrected chi connectivity index (χ2v) is 13.5. The molecule has 0 spiro atoms. The number of carboxylic acids is 1. The second-order valence-electron chi connectivity index (χ2n) is 11.5. The number of hydrogen-bond donors (Lipinski definition) is 3. The number of β-amino-alcohol motifs (C(OH)–C–C–N with tert-alkyl or cyclic N) is 1. The van der Waals surface area contributed by atoms with Crippen LogP contribution in [0.5, 0.6) is 0 Å². The molecule has 0 saturated carbocycles. The number of aryl methyl sites for hydroxylation is 3. The fourth-order valence-corrected chi connectivity index (χ4v) is 6.42. The lowest BCUT2D eigenvalue weighted by atomic mass is 9.95. The monoisotopic (exact) mass is 598 g/mol. The smallest absolute Gasteiger partial charge is 0.303 e. The third kappa shape index (κ3) is 9.73. The summed E-state index contributed by atoms with van der Waals surface area (Å²) in [6.45, 7) is 6.14. The summed E-state index contributed by atoms with van der Waals surface area (Å²) in [5, 5.41) is 22.9. The van der Waals surface area contributed by atoms with Crippen LogP contribution < -0.4 is 5.32 Å². The van der Waals surface area contributed by atoms with E-state index in [-0.39, 0.29) is 35.8 Å². The molecule has 0 aromatic heterocycles. The number of aliphatic hydroxyl groups excluding tert-OH is 1. The molecule has 3 N–H and O–H groups in total. The molecule has 42 heavy (non-hydrogen) atoms. The van der Waals surface area contributed by atoms with Gasteiger partial charge in [-0.25, -0.2) is 12.8 Å². The van der Waals surface area contributed by atoms with Crippen molar-refractivity contribution in [2.24, 2.45) is 0 Å². The molecule has 7 nitrogen and oxygen atoms in total. The van der Waals surface area contributed by atoms with Crippen LogP contribution in [0.2, 0.25) is 0 Å². The average molecular weight is 599 g/mol. The summed E-state index contributed by atoms with van der Waals surface area (Å²) in [7, 11) is -2.36. The number of carboxylic acid groups (broad SMARTS) is 1. The quantitative estimate of drug-likeness (QED) is 0.203. The number of rotatable bonds is 16. The van der Waals surface area contributed by atoms with E-state index in [0.29, 0.717) is 18.4 Å². The molecule has 0 unspecified atom stereocenters. The van der Waals surface area contributed by atoms with E-state index in [2.05, 4.69) is 5.32 Å². The average Bonchev–Trinajstić information content (AvgIpc) is 2.95. The molecule has 0 heterocycles. The fraction of sp³-hybridized carbons (Fsp3) is 0.424. The Morgan fingerprint density at radius 2 is 1.69 bits per heavy atom. The molecule has 0 radical (unpaired) electrons. The van der Waals surface area contributed by atoms with E-state index in [1.165, 1.54) is 17.4 Å². The molecular formula is C33H43FN2O5S. The Balaban J connectivity index is 1.58. The number of sulfonamides is 1. The first-order valence-electron chi connectivity index (χ1n) is 14.4. The third-order valence-corrected chi connectivity index (χ3v) is 9.41. The summed E-state index contributed by atoms with van der Waals surface area (Å²) in [6, 6.07) is 19.5. The third-order valence-electron chi connectivity index (χ3n) is 7.48. The van der Waals surface area contributed by atoms with E-state index < -0.39 is 22.1 Å². The van der Waals surface area contributed by atoms with Crippen molar-refractivity contribution in [2.45, 2.75) is 75.8 Å². The maximum Gasteiger partial charge on any atom is 0.303 e. The van der Waals surface area contributed by atoms with E-state index in [1.807, 2.05) is 57.2 Å². The van der Waals surface area contributed by atoms with Crippen molar-refractivity contribution in [1.29, 1.82) is 0 Å². The normalized spacial score (nSPS) is 12.9. The summed E-state index contributed by atoms with van der Waals surface area (Å²) in [5.41, 5.74) is 4.07. The highest BCUT2D eigenvalue weighted by atomic mass is 32.2. The van der Waals surface area contributed by atoms with Gasteiger partial charge in [-0.2, -0.15) is 4.31 Å². The second kappa shape index (κ2) is 14.9. The summed E-state index contributed by atoms with van der Waals surface area (Å²) in [6.07, 6.45) is 2.54. The van der Waals surface area contributed by atoms with Crippen LogP contribution in [0.1, 0.15) is 56.7 Å². The summed E-state index contributed by atoms with van der Waals surface area (Å²) < 4.78 is 41.6. The van der Waals surface area contributed by atoms with Gasteiger partial charge in [0, 0.05) is 32.1 Å². The molecule has 9 heteroatoms. The summed E-state index contributed by atoms with van der Waals surface area (Å²) >= 11 is 0. The zero-order chi connectivity index (χ0) is 30.9. The molecule has 0 aliphatic heterocycles. The lowest BCUT2D eigenvalue weighted by molar-refractivity contribution is -0.136. The molecule has 0 saturated heterocycles. The van der Waals surface area contributed by atoms with Crippen LogP contribution in [0.25, 0.3) is 11.1 Å². The lowest BCUT2D eigenvalue weighted by Gasteiger charge is -2.29. The SMILES string of the molecule is CCc1cc(-c2ccc(CCC(=O)O)cc2)ccc1S(=O)(=O)N(C)C[C@H](O)CNC(C)(C)CCCc1cccc(F)c1. The number of halogens is 1. The van der Waals surface area contributed by atoms with Gasteiger partial charge in [0.25, 0.3) is 0 Å². The highest BCUT2D eigenvalue weighted by Gasteiger charge is 2.27. The molecule has 228 valence electrons.